The standard InChI is InChI=1S/C9H10N4O2S/c1-6-3-11-12(9(6)10)4-7-2-8(13(14)15)16-5-7/h2-3,5H,4,10H2,1H3. The normalized spacial score (nSPS) is 10.6. The highest BCUT2D eigenvalue weighted by molar-refractivity contribution is 7.13. The fourth-order valence-electron chi connectivity index (χ4n) is 1.33. The van der Waals surface area contributed by atoms with Crippen LogP contribution in [-0.4, -0.2) is 14.7 Å². The van der Waals surface area contributed by atoms with E-state index in [-0.39, 0.29) is 5.00 Å². The summed E-state index contributed by atoms with van der Waals surface area (Å²) in [6, 6.07) is 1.54. The summed E-state index contributed by atoms with van der Waals surface area (Å²) >= 11 is 1.11. The van der Waals surface area contributed by atoms with Crippen molar-refractivity contribution in [3.05, 3.63) is 38.9 Å². The van der Waals surface area contributed by atoms with Crippen molar-refractivity contribution in [2.24, 2.45) is 0 Å². The van der Waals surface area contributed by atoms with Crippen LogP contribution in [0, 0.1) is 17.0 Å². The molecule has 0 saturated carbocycles. The number of aromatic nitrogens is 2. The molecule has 0 radical (unpaired) electrons. The van der Waals surface area contributed by atoms with E-state index in [1.165, 1.54) is 0 Å². The summed E-state index contributed by atoms with van der Waals surface area (Å²) in [5, 5.41) is 16.5. The molecule has 2 N–H and O–H groups in total. The van der Waals surface area contributed by atoms with E-state index in [2.05, 4.69) is 5.10 Å². The van der Waals surface area contributed by atoms with Crippen LogP contribution in [0.25, 0.3) is 0 Å². The van der Waals surface area contributed by atoms with Crippen LogP contribution in [0.15, 0.2) is 17.6 Å². The van der Waals surface area contributed by atoms with Gasteiger partial charge in [0.2, 0.25) is 0 Å². The van der Waals surface area contributed by atoms with E-state index in [1.807, 2.05) is 6.92 Å². The highest BCUT2D eigenvalue weighted by Gasteiger charge is 2.11. The number of thiophene rings is 1. The zero-order chi connectivity index (χ0) is 11.7. The second-order valence-electron chi connectivity index (χ2n) is 3.42. The smallest absolute Gasteiger partial charge is 0.324 e. The number of nitrogens with zero attached hydrogens (tertiary/aromatic N) is 3. The van der Waals surface area contributed by atoms with Gasteiger partial charge in [-0.2, -0.15) is 5.10 Å². The first-order chi connectivity index (χ1) is 7.58. The Morgan fingerprint density at radius 1 is 1.69 bits per heavy atom. The molecule has 6 nitrogen and oxygen atoms in total. The van der Waals surface area contributed by atoms with Gasteiger partial charge < -0.3 is 5.73 Å². The predicted molar refractivity (Wildman–Crippen MR) is 61.5 cm³/mol. The Labute approximate surface area is 95.5 Å². The molecule has 16 heavy (non-hydrogen) atoms. The molecule has 0 bridgehead atoms. The van der Waals surface area contributed by atoms with Crippen LogP contribution in [0.1, 0.15) is 11.1 Å². The number of hydrogen-bond donors (Lipinski definition) is 1. The van der Waals surface area contributed by atoms with Gasteiger partial charge in [-0.1, -0.05) is 11.3 Å². The zero-order valence-corrected chi connectivity index (χ0v) is 9.40. The lowest BCUT2D eigenvalue weighted by Gasteiger charge is -2.01. The van der Waals surface area contributed by atoms with E-state index in [0.29, 0.717) is 12.4 Å². The molecule has 0 amide bonds. The summed E-state index contributed by atoms with van der Waals surface area (Å²) in [5.74, 6) is 0.592. The zero-order valence-electron chi connectivity index (χ0n) is 8.58. The minimum absolute atomic E-state index is 0.137. The van der Waals surface area contributed by atoms with Gasteiger partial charge in [-0.25, -0.2) is 4.68 Å². The van der Waals surface area contributed by atoms with Gasteiger partial charge >= 0.3 is 5.00 Å². The first kappa shape index (κ1) is 10.6. The Morgan fingerprint density at radius 2 is 2.44 bits per heavy atom. The lowest BCUT2D eigenvalue weighted by atomic mass is 10.3. The van der Waals surface area contributed by atoms with E-state index in [0.717, 1.165) is 22.5 Å². The molecule has 0 saturated heterocycles. The molecule has 0 aliphatic heterocycles. The molecule has 7 heteroatoms. The molecule has 2 rings (SSSR count). The van der Waals surface area contributed by atoms with Crippen molar-refractivity contribution in [3.8, 4) is 0 Å². The number of nitro groups is 1. The third-order valence-corrected chi connectivity index (χ3v) is 3.15. The van der Waals surface area contributed by atoms with E-state index in [9.17, 15) is 10.1 Å². The van der Waals surface area contributed by atoms with Crippen LogP contribution in [0.3, 0.4) is 0 Å². The first-order valence-corrected chi connectivity index (χ1v) is 5.45. The molecule has 2 aromatic rings. The SMILES string of the molecule is Cc1cnn(Cc2csc([N+](=O)[O-])c2)c1N. The highest BCUT2D eigenvalue weighted by atomic mass is 32.1. The summed E-state index contributed by atoms with van der Waals surface area (Å²) in [7, 11) is 0. The number of rotatable bonds is 3. The predicted octanol–water partition coefficient (Wildman–Crippen LogP) is 1.79. The number of anilines is 1. The van der Waals surface area contributed by atoms with Crippen molar-refractivity contribution in [1.82, 2.24) is 9.78 Å². The first-order valence-electron chi connectivity index (χ1n) is 4.57. The average Bonchev–Trinajstić information content (AvgIpc) is 2.81. The lowest BCUT2D eigenvalue weighted by Crippen LogP contribution is -2.05. The summed E-state index contributed by atoms with van der Waals surface area (Å²) in [4.78, 5) is 10.1. The van der Waals surface area contributed by atoms with E-state index < -0.39 is 4.92 Å². The largest absolute Gasteiger partial charge is 0.384 e. The van der Waals surface area contributed by atoms with Crippen molar-refractivity contribution in [2.45, 2.75) is 13.5 Å². The van der Waals surface area contributed by atoms with Gasteiger partial charge in [0, 0.05) is 17.0 Å². The van der Waals surface area contributed by atoms with Crippen molar-refractivity contribution in [1.29, 1.82) is 0 Å². The van der Waals surface area contributed by atoms with E-state index in [4.69, 9.17) is 5.73 Å². The second kappa shape index (κ2) is 3.93. The molecule has 84 valence electrons. The number of nitrogen functional groups attached to an aromatic ring is 1. The maximum Gasteiger partial charge on any atom is 0.324 e. The van der Waals surface area contributed by atoms with Crippen molar-refractivity contribution >= 4 is 22.2 Å². The Hall–Kier alpha value is -1.89. The molecule has 0 unspecified atom stereocenters. The minimum Gasteiger partial charge on any atom is -0.384 e. The Balaban J connectivity index is 2.21. The quantitative estimate of drug-likeness (QED) is 0.652. The van der Waals surface area contributed by atoms with Gasteiger partial charge in [-0.15, -0.1) is 0 Å². The van der Waals surface area contributed by atoms with Gasteiger partial charge in [0.25, 0.3) is 0 Å². The summed E-state index contributed by atoms with van der Waals surface area (Å²) < 4.78 is 1.63. The van der Waals surface area contributed by atoms with Crippen LogP contribution < -0.4 is 5.73 Å². The van der Waals surface area contributed by atoms with Crippen molar-refractivity contribution < 1.29 is 4.92 Å². The molecule has 0 fully saturated rings. The van der Waals surface area contributed by atoms with Crippen molar-refractivity contribution in [3.63, 3.8) is 0 Å². The monoisotopic (exact) mass is 238 g/mol. The van der Waals surface area contributed by atoms with E-state index in [1.54, 1.807) is 22.3 Å². The van der Waals surface area contributed by atoms with Gasteiger partial charge in [-0.05, 0) is 12.5 Å². The fourth-order valence-corrected chi connectivity index (χ4v) is 2.05. The molecule has 2 aromatic heterocycles. The van der Waals surface area contributed by atoms with Crippen LogP contribution >= 0.6 is 11.3 Å². The number of aryl methyl sites for hydroxylation is 1. The molecular formula is C9H10N4O2S. The van der Waals surface area contributed by atoms with Crippen molar-refractivity contribution in [2.75, 3.05) is 5.73 Å². The molecule has 2 heterocycles. The summed E-state index contributed by atoms with van der Waals surface area (Å²) in [5.41, 5.74) is 7.53. The van der Waals surface area contributed by atoms with Crippen LogP contribution in [-0.2, 0) is 6.54 Å². The molecular weight excluding hydrogens is 228 g/mol. The van der Waals surface area contributed by atoms with Gasteiger partial charge in [0.15, 0.2) is 0 Å². The molecule has 0 aromatic carbocycles. The van der Waals surface area contributed by atoms with Crippen LogP contribution in [0.5, 0.6) is 0 Å². The molecule has 0 aliphatic carbocycles. The van der Waals surface area contributed by atoms with Gasteiger partial charge in [0.05, 0.1) is 17.7 Å². The van der Waals surface area contributed by atoms with Gasteiger partial charge in [-0.3, -0.25) is 10.1 Å². The number of nitrogens with two attached hydrogens (primary N) is 1. The summed E-state index contributed by atoms with van der Waals surface area (Å²) in [6.07, 6.45) is 1.68. The maximum atomic E-state index is 10.5. The third-order valence-electron chi connectivity index (χ3n) is 2.23. The summed E-state index contributed by atoms with van der Waals surface area (Å²) in [6.45, 7) is 2.33. The molecule has 0 atom stereocenters. The lowest BCUT2D eigenvalue weighted by molar-refractivity contribution is -0.380. The van der Waals surface area contributed by atoms with Gasteiger partial charge in [0.1, 0.15) is 5.82 Å². The van der Waals surface area contributed by atoms with E-state index >= 15 is 0 Å². The molecule has 0 spiro atoms. The topological polar surface area (TPSA) is 87.0 Å². The van der Waals surface area contributed by atoms with Crippen LogP contribution in [0.4, 0.5) is 10.8 Å². The Bertz CT molecular complexity index is 531. The average molecular weight is 238 g/mol. The number of hydrogen-bond acceptors (Lipinski definition) is 5. The Morgan fingerprint density at radius 3 is 2.94 bits per heavy atom. The molecule has 0 aliphatic rings. The maximum absolute atomic E-state index is 10.5. The third kappa shape index (κ3) is 1.89. The van der Waals surface area contributed by atoms with Crippen LogP contribution in [0.2, 0.25) is 0 Å². The highest BCUT2D eigenvalue weighted by Crippen LogP contribution is 2.23. The second-order valence-corrected chi connectivity index (χ2v) is 4.31. The minimum atomic E-state index is -0.397. The Kier molecular flexibility index (Phi) is 2.61. The fraction of sp³-hybridized carbons (Fsp3) is 0.222.